The fourth-order valence-corrected chi connectivity index (χ4v) is 3.12. The molecule has 1 fully saturated rings. The highest BCUT2D eigenvalue weighted by atomic mass is 35.5. The monoisotopic (exact) mass is 307 g/mol. The van der Waals surface area contributed by atoms with Crippen LogP contribution in [0.25, 0.3) is 11.4 Å². The second-order valence-corrected chi connectivity index (χ2v) is 6.39. The lowest BCUT2D eigenvalue weighted by atomic mass is 9.64. The molecule has 1 aliphatic rings. The van der Waals surface area contributed by atoms with Crippen LogP contribution in [0.2, 0.25) is 5.02 Å². The van der Waals surface area contributed by atoms with Gasteiger partial charge in [0.25, 0.3) is 0 Å². The molecular formula is C14H18ClN5O. The Morgan fingerprint density at radius 1 is 1.43 bits per heavy atom. The first-order valence-electron chi connectivity index (χ1n) is 6.81. The van der Waals surface area contributed by atoms with Gasteiger partial charge in [0, 0.05) is 18.1 Å². The van der Waals surface area contributed by atoms with Crippen LogP contribution in [-0.4, -0.2) is 33.4 Å². The van der Waals surface area contributed by atoms with Gasteiger partial charge in [0.1, 0.15) is 0 Å². The Morgan fingerprint density at radius 2 is 2.19 bits per heavy atom. The van der Waals surface area contributed by atoms with Gasteiger partial charge in [0.05, 0.1) is 22.9 Å². The van der Waals surface area contributed by atoms with E-state index in [0.717, 1.165) is 12.0 Å². The zero-order valence-electron chi connectivity index (χ0n) is 12.2. The highest BCUT2D eigenvalue weighted by molar-refractivity contribution is 6.33. The van der Waals surface area contributed by atoms with Crippen LogP contribution in [0.15, 0.2) is 18.2 Å². The molecule has 0 amide bonds. The minimum Gasteiger partial charge on any atom is -0.398 e. The molecule has 7 heteroatoms. The lowest BCUT2D eigenvalue weighted by molar-refractivity contribution is -0.116. The van der Waals surface area contributed by atoms with Crippen LogP contribution >= 0.6 is 11.6 Å². The maximum atomic E-state index is 6.09. The molecule has 2 aromatic rings. The van der Waals surface area contributed by atoms with E-state index >= 15 is 0 Å². The lowest BCUT2D eigenvalue weighted by Gasteiger charge is -2.50. The predicted octanol–water partition coefficient (Wildman–Crippen LogP) is 2.56. The number of rotatable bonds is 3. The number of tetrazole rings is 1. The zero-order valence-corrected chi connectivity index (χ0v) is 13.0. The Bertz CT molecular complexity index is 669. The first kappa shape index (κ1) is 14.3. The SMILES string of the molecule is COC1CC(n2nnnc2-c2ccc(N)c(Cl)c2)C1(C)C. The Morgan fingerprint density at radius 3 is 2.81 bits per heavy atom. The first-order chi connectivity index (χ1) is 9.95. The molecule has 0 radical (unpaired) electrons. The quantitative estimate of drug-likeness (QED) is 0.882. The minimum absolute atomic E-state index is 0.0174. The molecular weight excluding hydrogens is 290 g/mol. The molecule has 0 bridgehead atoms. The predicted molar refractivity (Wildman–Crippen MR) is 80.9 cm³/mol. The fourth-order valence-electron chi connectivity index (χ4n) is 2.94. The van der Waals surface area contributed by atoms with Gasteiger partial charge < -0.3 is 10.5 Å². The smallest absolute Gasteiger partial charge is 0.182 e. The van der Waals surface area contributed by atoms with Crippen LogP contribution in [0.5, 0.6) is 0 Å². The molecule has 0 spiro atoms. The number of ether oxygens (including phenoxy) is 1. The first-order valence-corrected chi connectivity index (χ1v) is 7.19. The van der Waals surface area contributed by atoms with Crippen LogP contribution < -0.4 is 5.73 Å². The largest absolute Gasteiger partial charge is 0.398 e. The molecule has 1 aromatic carbocycles. The van der Waals surface area contributed by atoms with Gasteiger partial charge in [-0.25, -0.2) is 4.68 Å². The maximum Gasteiger partial charge on any atom is 0.182 e. The number of benzene rings is 1. The number of anilines is 1. The molecule has 1 heterocycles. The Labute approximate surface area is 128 Å². The second kappa shape index (κ2) is 4.96. The summed E-state index contributed by atoms with van der Waals surface area (Å²) in [7, 11) is 1.74. The summed E-state index contributed by atoms with van der Waals surface area (Å²) in [5, 5.41) is 12.6. The molecule has 6 nitrogen and oxygen atoms in total. The number of methoxy groups -OCH3 is 1. The minimum atomic E-state index is -0.0174. The van der Waals surface area contributed by atoms with Gasteiger partial charge in [-0.15, -0.1) is 5.10 Å². The topological polar surface area (TPSA) is 78.8 Å². The normalized spacial score (nSPS) is 23.8. The summed E-state index contributed by atoms with van der Waals surface area (Å²) >= 11 is 6.09. The summed E-state index contributed by atoms with van der Waals surface area (Å²) in [6.07, 6.45) is 1.11. The molecule has 2 N–H and O–H groups in total. The molecule has 21 heavy (non-hydrogen) atoms. The third-order valence-corrected chi connectivity index (χ3v) is 4.78. The van der Waals surface area contributed by atoms with E-state index < -0.39 is 0 Å². The summed E-state index contributed by atoms with van der Waals surface area (Å²) in [6.45, 7) is 4.33. The molecule has 0 aliphatic heterocycles. The summed E-state index contributed by atoms with van der Waals surface area (Å²) in [6, 6.07) is 5.63. The second-order valence-electron chi connectivity index (χ2n) is 5.98. The van der Waals surface area contributed by atoms with E-state index in [4.69, 9.17) is 22.1 Å². The number of hydrogen-bond acceptors (Lipinski definition) is 5. The van der Waals surface area contributed by atoms with Crippen LogP contribution in [0.3, 0.4) is 0 Å². The number of hydrogen-bond donors (Lipinski definition) is 1. The van der Waals surface area contributed by atoms with Crippen LogP contribution in [0, 0.1) is 5.41 Å². The van der Waals surface area contributed by atoms with Gasteiger partial charge in [-0.05, 0) is 35.0 Å². The molecule has 112 valence electrons. The molecule has 3 rings (SSSR count). The van der Waals surface area contributed by atoms with E-state index in [1.165, 1.54) is 0 Å². The van der Waals surface area contributed by atoms with E-state index in [1.807, 2.05) is 10.7 Å². The average molecular weight is 308 g/mol. The molecule has 1 aromatic heterocycles. The molecule has 1 aliphatic carbocycles. The molecule has 0 saturated heterocycles. The summed E-state index contributed by atoms with van der Waals surface area (Å²) < 4.78 is 7.35. The van der Waals surface area contributed by atoms with E-state index in [0.29, 0.717) is 16.5 Å². The fraction of sp³-hybridized carbons (Fsp3) is 0.500. The lowest BCUT2D eigenvalue weighted by Crippen LogP contribution is -2.51. The van der Waals surface area contributed by atoms with Crippen molar-refractivity contribution in [1.82, 2.24) is 20.2 Å². The van der Waals surface area contributed by atoms with Gasteiger partial charge in [-0.1, -0.05) is 25.4 Å². The van der Waals surface area contributed by atoms with Crippen molar-refractivity contribution < 1.29 is 4.74 Å². The van der Waals surface area contributed by atoms with Crippen LogP contribution in [-0.2, 0) is 4.74 Å². The molecule has 2 atom stereocenters. The Balaban J connectivity index is 1.97. The van der Waals surface area contributed by atoms with Gasteiger partial charge >= 0.3 is 0 Å². The van der Waals surface area contributed by atoms with E-state index in [-0.39, 0.29) is 17.6 Å². The van der Waals surface area contributed by atoms with Gasteiger partial charge in [0.2, 0.25) is 0 Å². The van der Waals surface area contributed by atoms with Crippen molar-refractivity contribution in [3.63, 3.8) is 0 Å². The zero-order chi connectivity index (χ0) is 15.2. The van der Waals surface area contributed by atoms with E-state index in [2.05, 4.69) is 29.4 Å². The molecule has 2 unspecified atom stereocenters. The van der Waals surface area contributed by atoms with Gasteiger partial charge in [-0.3, -0.25) is 0 Å². The van der Waals surface area contributed by atoms with Crippen molar-refractivity contribution in [2.75, 3.05) is 12.8 Å². The Hall–Kier alpha value is -1.66. The number of nitrogens with zero attached hydrogens (tertiary/aromatic N) is 4. The number of halogens is 1. The standard InChI is InChI=1S/C14H18ClN5O/c1-14(2)11(7-12(14)21-3)20-13(17-18-19-20)8-4-5-10(16)9(15)6-8/h4-6,11-12H,7,16H2,1-3H3. The highest BCUT2D eigenvalue weighted by Gasteiger charge is 2.51. The van der Waals surface area contributed by atoms with Crippen molar-refractivity contribution in [2.45, 2.75) is 32.4 Å². The van der Waals surface area contributed by atoms with Crippen molar-refractivity contribution in [3.05, 3.63) is 23.2 Å². The average Bonchev–Trinajstić information content (AvgIpc) is 2.90. The van der Waals surface area contributed by atoms with Crippen LogP contribution in [0.4, 0.5) is 5.69 Å². The van der Waals surface area contributed by atoms with E-state index in [9.17, 15) is 0 Å². The van der Waals surface area contributed by atoms with Gasteiger partial charge in [0.15, 0.2) is 5.82 Å². The van der Waals surface area contributed by atoms with Crippen LogP contribution in [0.1, 0.15) is 26.3 Å². The van der Waals surface area contributed by atoms with Crippen molar-refractivity contribution in [1.29, 1.82) is 0 Å². The number of nitrogens with two attached hydrogens (primary N) is 1. The Kier molecular flexibility index (Phi) is 3.37. The van der Waals surface area contributed by atoms with E-state index in [1.54, 1.807) is 19.2 Å². The third kappa shape index (κ3) is 2.18. The van der Waals surface area contributed by atoms with Crippen molar-refractivity contribution >= 4 is 17.3 Å². The summed E-state index contributed by atoms with van der Waals surface area (Å²) in [5.74, 6) is 0.699. The summed E-state index contributed by atoms with van der Waals surface area (Å²) in [4.78, 5) is 0. The number of nitrogen functional groups attached to an aromatic ring is 1. The summed E-state index contributed by atoms with van der Waals surface area (Å²) in [5.41, 5.74) is 7.13. The highest BCUT2D eigenvalue weighted by Crippen LogP contribution is 2.51. The maximum absolute atomic E-state index is 6.09. The van der Waals surface area contributed by atoms with Gasteiger partial charge in [-0.2, -0.15) is 0 Å². The molecule has 1 saturated carbocycles. The van der Waals surface area contributed by atoms with Crippen molar-refractivity contribution in [3.8, 4) is 11.4 Å². The number of aromatic nitrogens is 4. The van der Waals surface area contributed by atoms with Crippen molar-refractivity contribution in [2.24, 2.45) is 5.41 Å². The third-order valence-electron chi connectivity index (χ3n) is 4.46.